The van der Waals surface area contributed by atoms with Gasteiger partial charge in [-0.05, 0) is 50.0 Å². The summed E-state index contributed by atoms with van der Waals surface area (Å²) in [4.78, 5) is 0. The van der Waals surface area contributed by atoms with Crippen molar-refractivity contribution in [1.29, 1.82) is 0 Å². The van der Waals surface area contributed by atoms with Crippen LogP contribution in [0.25, 0.3) is 0 Å². The zero-order valence-electron chi connectivity index (χ0n) is 15.1. The lowest BCUT2D eigenvalue weighted by Crippen LogP contribution is -2.93. The van der Waals surface area contributed by atoms with E-state index in [2.05, 4.69) is 11.4 Å². The Bertz CT molecular complexity index is 573. The van der Waals surface area contributed by atoms with Gasteiger partial charge in [-0.25, -0.2) is 0 Å². The van der Waals surface area contributed by atoms with Crippen LogP contribution in [-0.2, 0) is 6.54 Å². The number of ether oxygens (including phenoxy) is 3. The standard InChI is InChI=1S/C20H29NO3/c1-22-17-10-19(24-3)18(23-2)9-16(17)11-21-20-14-5-12-4-13(7-14)8-15(20)6-12/h9-10,12-15,20-21H,4-8,11H2,1-3H3/p+1. The van der Waals surface area contributed by atoms with E-state index in [1.807, 2.05) is 6.07 Å². The van der Waals surface area contributed by atoms with Crippen LogP contribution < -0.4 is 19.5 Å². The Balaban J connectivity index is 1.49. The molecular weight excluding hydrogens is 302 g/mol. The van der Waals surface area contributed by atoms with Crippen molar-refractivity contribution in [3.8, 4) is 17.2 Å². The number of quaternary nitrogens is 1. The summed E-state index contributed by atoms with van der Waals surface area (Å²) >= 11 is 0. The molecule has 4 aliphatic rings. The average Bonchev–Trinajstić information content (AvgIpc) is 2.59. The summed E-state index contributed by atoms with van der Waals surface area (Å²) in [5.74, 6) is 6.35. The molecule has 4 heteroatoms. The highest BCUT2D eigenvalue weighted by Gasteiger charge is 2.50. The van der Waals surface area contributed by atoms with Crippen molar-refractivity contribution in [2.24, 2.45) is 23.7 Å². The lowest BCUT2D eigenvalue weighted by atomic mass is 9.54. The third-order valence-corrected chi connectivity index (χ3v) is 6.70. The van der Waals surface area contributed by atoms with Crippen molar-refractivity contribution in [3.05, 3.63) is 17.7 Å². The molecule has 4 nitrogen and oxygen atoms in total. The van der Waals surface area contributed by atoms with Crippen molar-refractivity contribution in [3.63, 3.8) is 0 Å². The second-order valence-corrected chi connectivity index (χ2v) is 7.97. The van der Waals surface area contributed by atoms with Gasteiger partial charge in [-0.15, -0.1) is 0 Å². The molecule has 0 atom stereocenters. The molecule has 2 N–H and O–H groups in total. The monoisotopic (exact) mass is 332 g/mol. The van der Waals surface area contributed by atoms with Gasteiger partial charge in [0, 0.05) is 17.9 Å². The van der Waals surface area contributed by atoms with Crippen LogP contribution in [0.15, 0.2) is 12.1 Å². The second-order valence-electron chi connectivity index (χ2n) is 7.97. The van der Waals surface area contributed by atoms with Crippen molar-refractivity contribution >= 4 is 0 Å². The predicted molar refractivity (Wildman–Crippen MR) is 92.6 cm³/mol. The SMILES string of the molecule is COc1cc(OC)c(OC)cc1C[NH2+]C1C2CC3CC(C2)CC1C3. The molecule has 5 rings (SSSR count). The first kappa shape index (κ1) is 16.1. The van der Waals surface area contributed by atoms with Crippen molar-refractivity contribution in [1.82, 2.24) is 0 Å². The highest BCUT2D eigenvalue weighted by molar-refractivity contribution is 5.50. The number of methoxy groups -OCH3 is 3. The molecule has 0 unspecified atom stereocenters. The lowest BCUT2D eigenvalue weighted by molar-refractivity contribution is -0.723. The Labute approximate surface area is 144 Å². The quantitative estimate of drug-likeness (QED) is 0.871. The molecule has 24 heavy (non-hydrogen) atoms. The van der Waals surface area contributed by atoms with Crippen LogP contribution in [0.1, 0.15) is 37.7 Å². The van der Waals surface area contributed by atoms with Gasteiger partial charge in [-0.3, -0.25) is 0 Å². The van der Waals surface area contributed by atoms with Gasteiger partial charge in [-0.1, -0.05) is 0 Å². The molecule has 0 aliphatic heterocycles. The van der Waals surface area contributed by atoms with E-state index in [1.54, 1.807) is 21.3 Å². The molecule has 4 fully saturated rings. The number of nitrogens with two attached hydrogens (primary N) is 1. The summed E-state index contributed by atoms with van der Waals surface area (Å²) in [6.07, 6.45) is 7.40. The van der Waals surface area contributed by atoms with Gasteiger partial charge in [0.25, 0.3) is 0 Å². The van der Waals surface area contributed by atoms with Crippen LogP contribution in [0.3, 0.4) is 0 Å². The van der Waals surface area contributed by atoms with Crippen molar-refractivity contribution in [2.45, 2.75) is 44.7 Å². The topological polar surface area (TPSA) is 44.3 Å². The van der Waals surface area contributed by atoms with Gasteiger partial charge in [0.05, 0.1) is 32.9 Å². The molecule has 1 aromatic rings. The molecule has 4 saturated carbocycles. The molecular formula is C20H30NO3+. The van der Waals surface area contributed by atoms with Crippen LogP contribution in [-0.4, -0.2) is 27.4 Å². The van der Waals surface area contributed by atoms with Gasteiger partial charge in [0.15, 0.2) is 11.5 Å². The summed E-state index contributed by atoms with van der Waals surface area (Å²) in [5, 5.41) is 2.58. The van der Waals surface area contributed by atoms with Crippen LogP contribution in [0.4, 0.5) is 0 Å². The summed E-state index contributed by atoms with van der Waals surface area (Å²) in [5.41, 5.74) is 1.20. The predicted octanol–water partition coefficient (Wildman–Crippen LogP) is 2.60. The Hall–Kier alpha value is -1.42. The minimum absolute atomic E-state index is 0.729. The van der Waals surface area contributed by atoms with Gasteiger partial charge in [-0.2, -0.15) is 0 Å². The van der Waals surface area contributed by atoms with E-state index in [9.17, 15) is 0 Å². The first-order valence-electron chi connectivity index (χ1n) is 9.34. The van der Waals surface area contributed by atoms with E-state index in [-0.39, 0.29) is 0 Å². The molecule has 4 aliphatic carbocycles. The van der Waals surface area contributed by atoms with Gasteiger partial charge in [0.2, 0.25) is 0 Å². The van der Waals surface area contributed by atoms with Gasteiger partial charge in [0.1, 0.15) is 12.3 Å². The van der Waals surface area contributed by atoms with E-state index in [0.717, 1.165) is 53.5 Å². The average molecular weight is 332 g/mol. The van der Waals surface area contributed by atoms with Crippen LogP contribution in [0.5, 0.6) is 17.2 Å². The highest BCUT2D eigenvalue weighted by Crippen LogP contribution is 2.52. The Kier molecular flexibility index (Phi) is 4.33. The molecule has 0 spiro atoms. The van der Waals surface area contributed by atoms with Crippen LogP contribution in [0, 0.1) is 23.7 Å². The molecule has 0 saturated heterocycles. The van der Waals surface area contributed by atoms with E-state index < -0.39 is 0 Å². The first-order valence-corrected chi connectivity index (χ1v) is 9.34. The fraction of sp³-hybridized carbons (Fsp3) is 0.700. The van der Waals surface area contributed by atoms with E-state index in [0.29, 0.717) is 0 Å². The Morgan fingerprint density at radius 1 is 0.792 bits per heavy atom. The minimum atomic E-state index is 0.729. The third-order valence-electron chi connectivity index (χ3n) is 6.70. The second kappa shape index (κ2) is 6.47. The minimum Gasteiger partial charge on any atom is -0.496 e. The van der Waals surface area contributed by atoms with Crippen LogP contribution in [0.2, 0.25) is 0 Å². The maximum absolute atomic E-state index is 5.59. The molecule has 0 amide bonds. The van der Waals surface area contributed by atoms with Gasteiger partial charge >= 0.3 is 0 Å². The zero-order valence-corrected chi connectivity index (χ0v) is 15.1. The number of rotatable bonds is 6. The normalized spacial score (nSPS) is 33.5. The molecule has 0 radical (unpaired) electrons. The molecule has 1 aromatic carbocycles. The number of hydrogen-bond acceptors (Lipinski definition) is 3. The smallest absolute Gasteiger partial charge is 0.164 e. The zero-order chi connectivity index (χ0) is 16.7. The number of benzene rings is 1. The summed E-state index contributed by atoms with van der Waals surface area (Å²) in [6, 6.07) is 4.82. The van der Waals surface area contributed by atoms with Crippen molar-refractivity contribution < 1.29 is 19.5 Å². The third kappa shape index (κ3) is 2.75. The molecule has 4 bridgehead atoms. The van der Waals surface area contributed by atoms with E-state index >= 15 is 0 Å². The summed E-state index contributed by atoms with van der Waals surface area (Å²) in [6.45, 7) is 0.955. The molecule has 0 aromatic heterocycles. The summed E-state index contributed by atoms with van der Waals surface area (Å²) in [7, 11) is 5.08. The van der Waals surface area contributed by atoms with E-state index in [4.69, 9.17) is 14.2 Å². The number of hydrogen-bond donors (Lipinski definition) is 1. The van der Waals surface area contributed by atoms with Crippen LogP contribution >= 0.6 is 0 Å². The van der Waals surface area contributed by atoms with Gasteiger partial charge < -0.3 is 19.5 Å². The fourth-order valence-corrected chi connectivity index (χ4v) is 5.87. The maximum atomic E-state index is 5.59. The maximum Gasteiger partial charge on any atom is 0.164 e. The van der Waals surface area contributed by atoms with E-state index in [1.165, 1.54) is 37.7 Å². The molecule has 0 heterocycles. The molecule has 132 valence electrons. The summed E-state index contributed by atoms with van der Waals surface area (Å²) < 4.78 is 16.4. The van der Waals surface area contributed by atoms with Crippen molar-refractivity contribution in [2.75, 3.05) is 21.3 Å². The lowest BCUT2D eigenvalue weighted by Gasteiger charge is -2.52. The fourth-order valence-electron chi connectivity index (χ4n) is 5.87. The largest absolute Gasteiger partial charge is 0.496 e. The highest BCUT2D eigenvalue weighted by atomic mass is 16.5. The Morgan fingerprint density at radius 3 is 1.88 bits per heavy atom. The first-order chi connectivity index (χ1) is 11.7. The Morgan fingerprint density at radius 2 is 1.33 bits per heavy atom.